The molecule has 4 nitrogen and oxygen atoms in total. The SMILES string of the molecule is CN(C)C=N[C@@H]1C2c3ccccc3C(c3ccccc32)[C@H]1N=CN(C)C.[Br][Ni+2][Br]. The van der Waals surface area contributed by atoms with E-state index in [1.165, 1.54) is 33.2 Å². The van der Waals surface area contributed by atoms with Gasteiger partial charge in [-0.25, -0.2) is 0 Å². The molecule has 0 heterocycles. The summed E-state index contributed by atoms with van der Waals surface area (Å²) in [4.78, 5) is 14.0. The summed E-state index contributed by atoms with van der Waals surface area (Å²) in [5.74, 6) is 0.515. The second kappa shape index (κ2) is 10.2. The van der Waals surface area contributed by atoms with Gasteiger partial charge in [-0.2, -0.15) is 0 Å². The number of nitrogens with zero attached hydrogens (tertiary/aromatic N) is 4. The van der Waals surface area contributed by atoms with E-state index < -0.39 is 0 Å². The van der Waals surface area contributed by atoms with Crippen molar-refractivity contribution >= 4 is 41.1 Å². The molecule has 0 aromatic heterocycles. The number of hydrogen-bond acceptors (Lipinski definition) is 2. The Labute approximate surface area is 193 Å². The predicted molar refractivity (Wildman–Crippen MR) is 126 cm³/mol. The van der Waals surface area contributed by atoms with E-state index in [4.69, 9.17) is 9.98 Å². The Balaban J connectivity index is 0.000000755. The fraction of sp³-hybridized carbons (Fsp3) is 0.364. The zero-order chi connectivity index (χ0) is 21.0. The summed E-state index contributed by atoms with van der Waals surface area (Å²) in [6, 6.07) is 17.9. The van der Waals surface area contributed by atoms with E-state index in [2.05, 4.69) is 77.0 Å². The molecule has 0 N–H and O–H groups in total. The number of benzene rings is 2. The molecule has 3 aliphatic carbocycles. The third-order valence-corrected chi connectivity index (χ3v) is 5.30. The molecule has 29 heavy (non-hydrogen) atoms. The van der Waals surface area contributed by atoms with Gasteiger partial charge in [-0.1, -0.05) is 48.5 Å². The molecule has 2 aromatic rings. The van der Waals surface area contributed by atoms with Crippen LogP contribution in [-0.2, 0) is 10.9 Å². The monoisotopic (exact) mass is 562 g/mol. The maximum atomic E-state index is 4.99. The van der Waals surface area contributed by atoms with Gasteiger partial charge in [0.2, 0.25) is 0 Å². The quantitative estimate of drug-likeness (QED) is 0.301. The molecule has 0 radical (unpaired) electrons. The van der Waals surface area contributed by atoms with Crippen LogP contribution in [-0.4, -0.2) is 62.8 Å². The van der Waals surface area contributed by atoms with E-state index in [1.54, 1.807) is 0 Å². The van der Waals surface area contributed by atoms with Gasteiger partial charge in [0.15, 0.2) is 0 Å². The predicted octanol–water partition coefficient (Wildman–Crippen LogP) is 4.88. The average Bonchev–Trinajstić information content (AvgIpc) is 2.71. The Morgan fingerprint density at radius 3 is 1.21 bits per heavy atom. The van der Waals surface area contributed by atoms with Gasteiger partial charge in [0, 0.05) is 40.0 Å². The molecule has 156 valence electrons. The molecule has 2 aromatic carbocycles. The Hall–Kier alpha value is -1.17. The molecule has 0 spiro atoms. The van der Waals surface area contributed by atoms with Gasteiger partial charge in [0.05, 0.1) is 24.8 Å². The normalized spacial score (nSPS) is 24.2. The van der Waals surface area contributed by atoms with Crippen molar-refractivity contribution in [3.63, 3.8) is 0 Å². The van der Waals surface area contributed by atoms with Gasteiger partial charge in [-0.15, -0.1) is 0 Å². The molecular formula is C22H26Br2N4Ni+2. The van der Waals surface area contributed by atoms with E-state index >= 15 is 0 Å². The molecule has 0 unspecified atom stereocenters. The van der Waals surface area contributed by atoms with E-state index in [-0.39, 0.29) is 23.9 Å². The standard InChI is InChI=1S/C22H26N4.2BrH.Ni/c1-25(2)13-23-21-19-15-9-5-7-11-17(15)20(22(21)24-14-26(3)4)18-12-8-6-10-16(18)19;;;/h5-14,19-22H,1-4H3;2*1H;/q;;;+4/p-2/t19?,20?,21-,22-;;;/m1.../s1. The second-order valence-corrected chi connectivity index (χ2v) is 12.7. The van der Waals surface area contributed by atoms with Crippen molar-refractivity contribution in [2.75, 3.05) is 28.2 Å². The van der Waals surface area contributed by atoms with Gasteiger partial charge in [-0.05, 0) is 22.3 Å². The minimum atomic E-state index is 0.114. The van der Waals surface area contributed by atoms with E-state index in [1.807, 2.05) is 50.7 Å². The second-order valence-electron chi connectivity index (χ2n) is 7.70. The molecule has 0 saturated carbocycles. The molecular weight excluding hydrogens is 539 g/mol. The van der Waals surface area contributed by atoms with Crippen LogP contribution in [0.25, 0.3) is 0 Å². The minimum absolute atomic E-state index is 0.114. The summed E-state index contributed by atoms with van der Waals surface area (Å²) in [6.07, 6.45) is 3.88. The van der Waals surface area contributed by atoms with Crippen LogP contribution < -0.4 is 0 Å². The summed E-state index contributed by atoms with van der Waals surface area (Å²) >= 11 is 6.00. The van der Waals surface area contributed by atoms with Crippen molar-refractivity contribution < 1.29 is 10.9 Å². The fourth-order valence-electron chi connectivity index (χ4n) is 4.39. The molecule has 0 saturated heterocycles. The first-order chi connectivity index (χ1) is 14.0. The van der Waals surface area contributed by atoms with Crippen LogP contribution in [0.1, 0.15) is 34.1 Å². The Morgan fingerprint density at radius 1 is 0.690 bits per heavy atom. The first-order valence-electron chi connectivity index (χ1n) is 9.39. The number of aliphatic imine (C=N–C) groups is 2. The first-order valence-corrected chi connectivity index (χ1v) is 14.3. The number of halogens is 2. The Bertz CT molecular complexity index is 767. The van der Waals surface area contributed by atoms with Crippen LogP contribution in [0.15, 0.2) is 58.5 Å². The Kier molecular flexibility index (Phi) is 7.95. The Morgan fingerprint density at radius 2 is 0.966 bits per heavy atom. The third-order valence-electron chi connectivity index (χ3n) is 5.30. The number of rotatable bonds is 4. The van der Waals surface area contributed by atoms with Crippen LogP contribution >= 0.6 is 28.5 Å². The fourth-order valence-corrected chi connectivity index (χ4v) is 4.39. The van der Waals surface area contributed by atoms with Gasteiger partial charge in [0.25, 0.3) is 0 Å². The zero-order valence-electron chi connectivity index (χ0n) is 16.9. The van der Waals surface area contributed by atoms with Crippen molar-refractivity contribution in [1.82, 2.24) is 9.80 Å². The van der Waals surface area contributed by atoms with Crippen LogP contribution in [0.2, 0.25) is 0 Å². The topological polar surface area (TPSA) is 31.2 Å². The number of fused-ring (bicyclic) bond motifs is 1. The van der Waals surface area contributed by atoms with Crippen molar-refractivity contribution in [2.45, 2.75) is 23.9 Å². The van der Waals surface area contributed by atoms with Crippen LogP contribution in [0.4, 0.5) is 0 Å². The summed E-state index contributed by atoms with van der Waals surface area (Å²) in [6.45, 7) is 0. The average molecular weight is 565 g/mol. The van der Waals surface area contributed by atoms with Gasteiger partial charge >= 0.3 is 39.3 Å². The molecule has 5 rings (SSSR count). The van der Waals surface area contributed by atoms with E-state index in [9.17, 15) is 0 Å². The summed E-state index contributed by atoms with van der Waals surface area (Å²) in [5, 5.41) is 0. The number of hydrogen-bond donors (Lipinski definition) is 0. The van der Waals surface area contributed by atoms with Crippen molar-refractivity contribution in [2.24, 2.45) is 9.98 Å². The third kappa shape index (κ3) is 4.78. The van der Waals surface area contributed by atoms with E-state index in [0.29, 0.717) is 0 Å². The molecule has 2 bridgehead atoms. The van der Waals surface area contributed by atoms with E-state index in [0.717, 1.165) is 0 Å². The first kappa shape index (κ1) is 22.5. The summed E-state index contributed by atoms with van der Waals surface area (Å²) in [7, 11) is 9.32. The maximum absolute atomic E-state index is 4.99. The summed E-state index contributed by atoms with van der Waals surface area (Å²) in [5.41, 5.74) is 5.64. The van der Waals surface area contributed by atoms with Crippen LogP contribution in [0, 0.1) is 0 Å². The van der Waals surface area contributed by atoms with Crippen molar-refractivity contribution in [3.8, 4) is 0 Å². The molecule has 0 amide bonds. The molecule has 2 atom stereocenters. The van der Waals surface area contributed by atoms with Gasteiger partial charge in [-0.3, -0.25) is 9.98 Å². The van der Waals surface area contributed by atoms with Crippen LogP contribution in [0.5, 0.6) is 0 Å². The van der Waals surface area contributed by atoms with Crippen molar-refractivity contribution in [1.29, 1.82) is 0 Å². The van der Waals surface area contributed by atoms with Crippen LogP contribution in [0.3, 0.4) is 0 Å². The van der Waals surface area contributed by atoms with Crippen molar-refractivity contribution in [3.05, 3.63) is 70.8 Å². The summed E-state index contributed by atoms with van der Waals surface area (Å²) < 4.78 is 0. The van der Waals surface area contributed by atoms with Gasteiger partial charge < -0.3 is 9.80 Å². The molecule has 0 aliphatic heterocycles. The molecule has 7 heteroatoms. The van der Waals surface area contributed by atoms with Gasteiger partial charge in [0.1, 0.15) is 0 Å². The molecule has 0 fully saturated rings. The molecule has 3 aliphatic rings. The zero-order valence-corrected chi connectivity index (χ0v) is 21.1.